The van der Waals surface area contributed by atoms with Crippen molar-refractivity contribution in [3.63, 3.8) is 0 Å². The second kappa shape index (κ2) is 7.13. The molecule has 2 aliphatic heterocycles. The molecule has 2 aliphatic rings. The molecule has 0 aromatic rings. The summed E-state index contributed by atoms with van der Waals surface area (Å²) in [5.41, 5.74) is 0. The standard InChI is InChI=1S/C15H28N2O/c1-2-4-13-6-7-15(18)17(10-8-13)12-14-5-3-9-16-11-14/h13-14,16H,2-12H2,1H3. The highest BCUT2D eigenvalue weighted by atomic mass is 16.2. The van der Waals surface area contributed by atoms with Crippen molar-refractivity contribution in [2.75, 3.05) is 26.2 Å². The zero-order valence-electron chi connectivity index (χ0n) is 11.8. The van der Waals surface area contributed by atoms with Gasteiger partial charge in [-0.05, 0) is 50.6 Å². The van der Waals surface area contributed by atoms with Gasteiger partial charge in [0.2, 0.25) is 5.91 Å². The van der Waals surface area contributed by atoms with Gasteiger partial charge in [0.1, 0.15) is 0 Å². The molecule has 3 nitrogen and oxygen atoms in total. The quantitative estimate of drug-likeness (QED) is 0.833. The molecule has 0 spiro atoms. The van der Waals surface area contributed by atoms with Gasteiger partial charge in [-0.15, -0.1) is 0 Å². The molecule has 104 valence electrons. The van der Waals surface area contributed by atoms with E-state index in [2.05, 4.69) is 17.1 Å². The monoisotopic (exact) mass is 252 g/mol. The molecule has 0 aliphatic carbocycles. The molecule has 0 aromatic carbocycles. The Morgan fingerprint density at radius 2 is 2.17 bits per heavy atom. The van der Waals surface area contributed by atoms with Gasteiger partial charge in [0.15, 0.2) is 0 Å². The van der Waals surface area contributed by atoms with Crippen LogP contribution < -0.4 is 5.32 Å². The Morgan fingerprint density at radius 3 is 2.89 bits per heavy atom. The van der Waals surface area contributed by atoms with Crippen LogP contribution in [-0.2, 0) is 4.79 Å². The minimum absolute atomic E-state index is 0.402. The van der Waals surface area contributed by atoms with Gasteiger partial charge in [0.05, 0.1) is 0 Å². The summed E-state index contributed by atoms with van der Waals surface area (Å²) in [5, 5.41) is 3.45. The molecule has 0 radical (unpaired) electrons. The molecular weight excluding hydrogens is 224 g/mol. The van der Waals surface area contributed by atoms with E-state index in [9.17, 15) is 4.79 Å². The minimum Gasteiger partial charge on any atom is -0.342 e. The number of nitrogens with one attached hydrogen (secondary N) is 1. The maximum absolute atomic E-state index is 12.1. The first kappa shape index (κ1) is 13.9. The number of carbonyl (C=O) groups excluding carboxylic acids is 1. The van der Waals surface area contributed by atoms with Crippen molar-refractivity contribution in [1.82, 2.24) is 10.2 Å². The lowest BCUT2D eigenvalue weighted by Gasteiger charge is -2.29. The number of piperidine rings is 1. The van der Waals surface area contributed by atoms with Crippen molar-refractivity contribution >= 4 is 5.91 Å². The van der Waals surface area contributed by atoms with Gasteiger partial charge < -0.3 is 10.2 Å². The molecule has 1 N–H and O–H groups in total. The fourth-order valence-electron chi connectivity index (χ4n) is 3.37. The lowest BCUT2D eigenvalue weighted by Crippen LogP contribution is -2.40. The first-order chi connectivity index (χ1) is 8.79. The third-order valence-electron chi connectivity index (χ3n) is 4.50. The predicted octanol–water partition coefficient (Wildman–Crippen LogP) is 2.41. The van der Waals surface area contributed by atoms with Gasteiger partial charge in [-0.2, -0.15) is 0 Å². The Labute approximate surface area is 111 Å². The Bertz CT molecular complexity index is 261. The van der Waals surface area contributed by atoms with E-state index in [-0.39, 0.29) is 0 Å². The highest BCUT2D eigenvalue weighted by molar-refractivity contribution is 5.76. The molecule has 3 heteroatoms. The highest BCUT2D eigenvalue weighted by Gasteiger charge is 2.24. The van der Waals surface area contributed by atoms with E-state index >= 15 is 0 Å². The summed E-state index contributed by atoms with van der Waals surface area (Å²) in [6.45, 7) is 6.49. The number of hydrogen-bond donors (Lipinski definition) is 1. The SMILES string of the molecule is CCCC1CCC(=O)N(CC2CCCNC2)CC1. The molecule has 2 heterocycles. The van der Waals surface area contributed by atoms with Crippen LogP contribution in [0.1, 0.15) is 51.9 Å². The fourth-order valence-corrected chi connectivity index (χ4v) is 3.37. The predicted molar refractivity (Wildman–Crippen MR) is 74.4 cm³/mol. The van der Waals surface area contributed by atoms with Crippen LogP contribution in [-0.4, -0.2) is 37.0 Å². The summed E-state index contributed by atoms with van der Waals surface area (Å²) in [4.78, 5) is 14.3. The molecule has 2 atom stereocenters. The topological polar surface area (TPSA) is 32.3 Å². The van der Waals surface area contributed by atoms with E-state index in [1.807, 2.05) is 0 Å². The van der Waals surface area contributed by atoms with Gasteiger partial charge in [-0.1, -0.05) is 19.8 Å². The minimum atomic E-state index is 0.402. The van der Waals surface area contributed by atoms with Crippen molar-refractivity contribution in [2.45, 2.75) is 51.9 Å². The van der Waals surface area contributed by atoms with Crippen molar-refractivity contribution < 1.29 is 4.79 Å². The number of hydrogen-bond acceptors (Lipinski definition) is 2. The second-order valence-corrected chi connectivity index (χ2v) is 6.03. The molecule has 0 bridgehead atoms. The Balaban J connectivity index is 1.81. The van der Waals surface area contributed by atoms with Crippen LogP contribution in [0.5, 0.6) is 0 Å². The van der Waals surface area contributed by atoms with Crippen molar-refractivity contribution in [3.8, 4) is 0 Å². The Hall–Kier alpha value is -0.570. The molecular formula is C15H28N2O. The maximum Gasteiger partial charge on any atom is 0.222 e. The Morgan fingerprint density at radius 1 is 1.28 bits per heavy atom. The zero-order chi connectivity index (χ0) is 12.8. The van der Waals surface area contributed by atoms with Gasteiger partial charge >= 0.3 is 0 Å². The van der Waals surface area contributed by atoms with Crippen LogP contribution in [0.15, 0.2) is 0 Å². The summed E-state index contributed by atoms with van der Waals surface area (Å²) < 4.78 is 0. The van der Waals surface area contributed by atoms with E-state index in [1.165, 1.54) is 32.1 Å². The van der Waals surface area contributed by atoms with Gasteiger partial charge in [0.25, 0.3) is 0 Å². The van der Waals surface area contributed by atoms with E-state index in [1.54, 1.807) is 0 Å². The molecule has 2 saturated heterocycles. The van der Waals surface area contributed by atoms with E-state index in [4.69, 9.17) is 0 Å². The molecule has 2 unspecified atom stereocenters. The summed E-state index contributed by atoms with van der Waals surface area (Å²) in [7, 11) is 0. The Kier molecular flexibility index (Phi) is 5.48. The zero-order valence-corrected chi connectivity index (χ0v) is 11.8. The first-order valence-electron chi connectivity index (χ1n) is 7.78. The van der Waals surface area contributed by atoms with Gasteiger partial charge in [-0.25, -0.2) is 0 Å². The van der Waals surface area contributed by atoms with Crippen LogP contribution >= 0.6 is 0 Å². The number of rotatable bonds is 4. The molecule has 0 aromatic heterocycles. The molecule has 1 amide bonds. The number of amides is 1. The van der Waals surface area contributed by atoms with Crippen LogP contribution in [0, 0.1) is 11.8 Å². The van der Waals surface area contributed by atoms with Crippen LogP contribution in [0.3, 0.4) is 0 Å². The normalized spacial score (nSPS) is 30.3. The lowest BCUT2D eigenvalue weighted by atomic mass is 9.96. The number of nitrogens with zero attached hydrogens (tertiary/aromatic N) is 1. The van der Waals surface area contributed by atoms with E-state index in [0.29, 0.717) is 11.8 Å². The van der Waals surface area contributed by atoms with Crippen LogP contribution in [0.25, 0.3) is 0 Å². The van der Waals surface area contributed by atoms with E-state index in [0.717, 1.165) is 44.9 Å². The molecule has 18 heavy (non-hydrogen) atoms. The van der Waals surface area contributed by atoms with Crippen LogP contribution in [0.2, 0.25) is 0 Å². The number of likely N-dealkylation sites (tertiary alicyclic amines) is 1. The largest absolute Gasteiger partial charge is 0.342 e. The maximum atomic E-state index is 12.1. The fraction of sp³-hybridized carbons (Fsp3) is 0.933. The average Bonchev–Trinajstić information content (AvgIpc) is 2.56. The third-order valence-corrected chi connectivity index (χ3v) is 4.50. The average molecular weight is 252 g/mol. The molecule has 2 rings (SSSR count). The van der Waals surface area contributed by atoms with Crippen molar-refractivity contribution in [2.24, 2.45) is 11.8 Å². The van der Waals surface area contributed by atoms with Crippen molar-refractivity contribution in [3.05, 3.63) is 0 Å². The lowest BCUT2D eigenvalue weighted by molar-refractivity contribution is -0.131. The smallest absolute Gasteiger partial charge is 0.222 e. The summed E-state index contributed by atoms with van der Waals surface area (Å²) in [5.74, 6) is 1.87. The number of carbonyl (C=O) groups is 1. The second-order valence-electron chi connectivity index (χ2n) is 6.03. The summed E-state index contributed by atoms with van der Waals surface area (Å²) in [6.07, 6.45) is 8.23. The first-order valence-corrected chi connectivity index (χ1v) is 7.78. The molecule has 2 fully saturated rings. The molecule has 0 saturated carbocycles. The highest BCUT2D eigenvalue weighted by Crippen LogP contribution is 2.23. The van der Waals surface area contributed by atoms with E-state index < -0.39 is 0 Å². The van der Waals surface area contributed by atoms with Gasteiger partial charge in [0, 0.05) is 19.5 Å². The summed E-state index contributed by atoms with van der Waals surface area (Å²) >= 11 is 0. The van der Waals surface area contributed by atoms with Crippen LogP contribution in [0.4, 0.5) is 0 Å². The van der Waals surface area contributed by atoms with Crippen molar-refractivity contribution in [1.29, 1.82) is 0 Å². The van der Waals surface area contributed by atoms with Gasteiger partial charge in [-0.3, -0.25) is 4.79 Å². The summed E-state index contributed by atoms with van der Waals surface area (Å²) in [6, 6.07) is 0. The third kappa shape index (κ3) is 3.98.